The van der Waals surface area contributed by atoms with E-state index in [2.05, 4.69) is 18.7 Å². The van der Waals surface area contributed by atoms with Crippen LogP contribution in [0.25, 0.3) is 0 Å². The van der Waals surface area contributed by atoms with Crippen molar-refractivity contribution in [3.63, 3.8) is 0 Å². The van der Waals surface area contributed by atoms with Gasteiger partial charge in [0.25, 0.3) is 0 Å². The monoisotopic (exact) mass is 229 g/mol. The molecule has 1 aliphatic heterocycles. The van der Waals surface area contributed by atoms with Crippen LogP contribution in [0.2, 0.25) is 0 Å². The van der Waals surface area contributed by atoms with Gasteiger partial charge in [-0.3, -0.25) is 4.90 Å². The van der Waals surface area contributed by atoms with Crippen LogP contribution in [0.1, 0.15) is 40.0 Å². The molecule has 0 spiro atoms. The van der Waals surface area contributed by atoms with Gasteiger partial charge in [-0.05, 0) is 38.1 Å². The summed E-state index contributed by atoms with van der Waals surface area (Å²) in [5.74, 6) is -1.14. The minimum Gasteiger partial charge on any atom is -0.479 e. The maximum atomic E-state index is 10.8. The first-order valence-corrected chi connectivity index (χ1v) is 6.03. The van der Waals surface area contributed by atoms with Crippen LogP contribution in [0.15, 0.2) is 0 Å². The van der Waals surface area contributed by atoms with E-state index in [0.717, 1.165) is 32.4 Å². The van der Waals surface area contributed by atoms with Gasteiger partial charge in [0.05, 0.1) is 0 Å². The van der Waals surface area contributed by atoms with E-state index < -0.39 is 11.6 Å². The Labute approximate surface area is 97.3 Å². The highest BCUT2D eigenvalue weighted by Gasteiger charge is 2.39. The molecule has 0 aromatic carbocycles. The number of carboxylic acids is 1. The van der Waals surface area contributed by atoms with Gasteiger partial charge in [-0.2, -0.15) is 0 Å². The lowest BCUT2D eigenvalue weighted by atomic mass is 9.82. The molecule has 1 heterocycles. The maximum Gasteiger partial charge on any atom is 0.336 e. The third kappa shape index (κ3) is 2.74. The SMILES string of the molecule is CCC1(CC)CCN(CC(C)(O)C(=O)O)C1. The van der Waals surface area contributed by atoms with E-state index in [4.69, 9.17) is 5.11 Å². The maximum absolute atomic E-state index is 10.8. The summed E-state index contributed by atoms with van der Waals surface area (Å²) in [6.45, 7) is 7.76. The zero-order valence-corrected chi connectivity index (χ0v) is 10.5. The summed E-state index contributed by atoms with van der Waals surface area (Å²) in [6.07, 6.45) is 3.35. The molecular weight excluding hydrogens is 206 g/mol. The van der Waals surface area contributed by atoms with Gasteiger partial charge in [-0.15, -0.1) is 0 Å². The Morgan fingerprint density at radius 2 is 2.00 bits per heavy atom. The molecule has 2 N–H and O–H groups in total. The van der Waals surface area contributed by atoms with Gasteiger partial charge in [0.2, 0.25) is 0 Å². The van der Waals surface area contributed by atoms with Crippen LogP contribution < -0.4 is 0 Å². The smallest absolute Gasteiger partial charge is 0.336 e. The van der Waals surface area contributed by atoms with E-state index in [-0.39, 0.29) is 6.54 Å². The van der Waals surface area contributed by atoms with Gasteiger partial charge in [0.15, 0.2) is 5.60 Å². The third-order valence-corrected chi connectivity index (χ3v) is 4.01. The number of hydrogen-bond acceptors (Lipinski definition) is 3. The standard InChI is InChI=1S/C12H23NO3/c1-4-12(5-2)6-7-13(9-12)8-11(3,16)10(14)15/h16H,4-9H2,1-3H3,(H,14,15). The van der Waals surface area contributed by atoms with Gasteiger partial charge in [-0.1, -0.05) is 13.8 Å². The fraction of sp³-hybridized carbons (Fsp3) is 0.917. The molecule has 1 unspecified atom stereocenters. The van der Waals surface area contributed by atoms with E-state index in [9.17, 15) is 9.90 Å². The molecule has 0 bridgehead atoms. The first kappa shape index (κ1) is 13.5. The van der Waals surface area contributed by atoms with Crippen LogP contribution in [0.3, 0.4) is 0 Å². The molecule has 4 heteroatoms. The van der Waals surface area contributed by atoms with Gasteiger partial charge in [0, 0.05) is 13.1 Å². The van der Waals surface area contributed by atoms with E-state index in [1.807, 2.05) is 0 Å². The van der Waals surface area contributed by atoms with Crippen molar-refractivity contribution in [1.29, 1.82) is 0 Å². The number of β-amino-alcohol motifs (C(OH)–C–C–N with tert-alkyl or cyclic N) is 1. The van der Waals surface area contributed by atoms with Gasteiger partial charge < -0.3 is 10.2 Å². The van der Waals surface area contributed by atoms with E-state index >= 15 is 0 Å². The van der Waals surface area contributed by atoms with Crippen molar-refractivity contribution in [2.75, 3.05) is 19.6 Å². The van der Waals surface area contributed by atoms with Gasteiger partial charge >= 0.3 is 5.97 Å². The normalized spacial score (nSPS) is 24.2. The van der Waals surface area contributed by atoms with Crippen LogP contribution >= 0.6 is 0 Å². The molecule has 1 atom stereocenters. The highest BCUT2D eigenvalue weighted by Crippen LogP contribution is 2.37. The summed E-state index contributed by atoms with van der Waals surface area (Å²) < 4.78 is 0. The predicted molar refractivity (Wildman–Crippen MR) is 62.3 cm³/mol. The molecule has 0 amide bonds. The molecule has 0 radical (unpaired) electrons. The van der Waals surface area contributed by atoms with E-state index in [1.54, 1.807) is 0 Å². The molecule has 1 saturated heterocycles. The van der Waals surface area contributed by atoms with Gasteiger partial charge in [-0.25, -0.2) is 4.79 Å². The molecular formula is C12H23NO3. The second-order valence-corrected chi connectivity index (χ2v) is 5.25. The lowest BCUT2D eigenvalue weighted by Gasteiger charge is -2.29. The minimum atomic E-state index is -1.63. The van der Waals surface area contributed by atoms with Crippen molar-refractivity contribution in [3.05, 3.63) is 0 Å². The van der Waals surface area contributed by atoms with Crippen molar-refractivity contribution < 1.29 is 15.0 Å². The van der Waals surface area contributed by atoms with Crippen LogP contribution in [0.5, 0.6) is 0 Å². The Kier molecular flexibility index (Phi) is 3.97. The van der Waals surface area contributed by atoms with Crippen LogP contribution in [0.4, 0.5) is 0 Å². The van der Waals surface area contributed by atoms with Crippen LogP contribution in [-0.2, 0) is 4.79 Å². The van der Waals surface area contributed by atoms with Crippen molar-refractivity contribution in [2.24, 2.45) is 5.41 Å². The van der Waals surface area contributed by atoms with Gasteiger partial charge in [0.1, 0.15) is 0 Å². The van der Waals surface area contributed by atoms with Crippen molar-refractivity contribution in [3.8, 4) is 0 Å². The number of rotatable bonds is 5. The molecule has 0 saturated carbocycles. The number of carbonyl (C=O) groups is 1. The number of hydrogen-bond donors (Lipinski definition) is 2. The molecule has 1 aliphatic rings. The third-order valence-electron chi connectivity index (χ3n) is 4.01. The summed E-state index contributed by atoms with van der Waals surface area (Å²) >= 11 is 0. The summed E-state index contributed by atoms with van der Waals surface area (Å²) in [7, 11) is 0. The average molecular weight is 229 g/mol. The summed E-state index contributed by atoms with van der Waals surface area (Å²) in [5.41, 5.74) is -1.30. The minimum absolute atomic E-state index is 0.226. The zero-order chi connectivity index (χ0) is 12.4. The number of likely N-dealkylation sites (tertiary alicyclic amines) is 1. The lowest BCUT2D eigenvalue weighted by Crippen LogP contribution is -2.46. The van der Waals surface area contributed by atoms with Crippen molar-refractivity contribution >= 4 is 5.97 Å². The molecule has 94 valence electrons. The zero-order valence-electron chi connectivity index (χ0n) is 10.5. The van der Waals surface area contributed by atoms with Crippen LogP contribution in [-0.4, -0.2) is 46.3 Å². The lowest BCUT2D eigenvalue weighted by molar-refractivity contribution is -0.158. The summed E-state index contributed by atoms with van der Waals surface area (Å²) in [6, 6.07) is 0. The second-order valence-electron chi connectivity index (χ2n) is 5.25. The number of carboxylic acid groups (broad SMARTS) is 1. The second kappa shape index (κ2) is 4.72. The fourth-order valence-corrected chi connectivity index (χ4v) is 2.49. The summed E-state index contributed by atoms with van der Waals surface area (Å²) in [5, 5.41) is 18.6. The molecule has 4 nitrogen and oxygen atoms in total. The highest BCUT2D eigenvalue weighted by atomic mass is 16.4. The topological polar surface area (TPSA) is 60.8 Å². The highest BCUT2D eigenvalue weighted by molar-refractivity contribution is 5.76. The summed E-state index contributed by atoms with van der Waals surface area (Å²) in [4.78, 5) is 12.9. The van der Waals surface area contributed by atoms with Crippen LogP contribution in [0, 0.1) is 5.41 Å². The first-order chi connectivity index (χ1) is 7.35. The number of aliphatic hydroxyl groups is 1. The van der Waals surface area contributed by atoms with Crippen molar-refractivity contribution in [2.45, 2.75) is 45.6 Å². The molecule has 1 fully saturated rings. The Hall–Kier alpha value is -0.610. The Morgan fingerprint density at radius 1 is 1.44 bits per heavy atom. The number of nitrogens with zero attached hydrogens (tertiary/aromatic N) is 1. The quantitative estimate of drug-likeness (QED) is 0.746. The molecule has 0 aromatic heterocycles. The number of aliphatic carboxylic acids is 1. The largest absolute Gasteiger partial charge is 0.479 e. The average Bonchev–Trinajstić information content (AvgIpc) is 2.61. The Balaban J connectivity index is 2.57. The molecule has 0 aliphatic carbocycles. The van der Waals surface area contributed by atoms with E-state index in [1.165, 1.54) is 6.92 Å². The van der Waals surface area contributed by atoms with Crippen molar-refractivity contribution in [1.82, 2.24) is 4.90 Å². The molecule has 0 aromatic rings. The first-order valence-electron chi connectivity index (χ1n) is 6.03. The molecule has 1 rings (SSSR count). The predicted octanol–water partition coefficient (Wildman–Crippen LogP) is 1.33. The Bertz CT molecular complexity index is 259. The van der Waals surface area contributed by atoms with E-state index in [0.29, 0.717) is 5.41 Å². The fourth-order valence-electron chi connectivity index (χ4n) is 2.49. The Morgan fingerprint density at radius 3 is 2.38 bits per heavy atom. The molecule has 16 heavy (non-hydrogen) atoms.